The zero-order valence-corrected chi connectivity index (χ0v) is 16.8. The van der Waals surface area contributed by atoms with Crippen molar-refractivity contribution in [1.82, 2.24) is 15.0 Å². The van der Waals surface area contributed by atoms with Gasteiger partial charge < -0.3 is 20.5 Å². The molecule has 0 aliphatic carbocycles. The van der Waals surface area contributed by atoms with E-state index in [1.807, 2.05) is 36.4 Å². The quantitative estimate of drug-likeness (QED) is 0.485. The maximum absolute atomic E-state index is 8.95. The van der Waals surface area contributed by atoms with Gasteiger partial charge in [-0.15, -0.1) is 0 Å². The van der Waals surface area contributed by atoms with Gasteiger partial charge in [0.25, 0.3) is 0 Å². The molecule has 0 aliphatic heterocycles. The van der Waals surface area contributed by atoms with Gasteiger partial charge in [-0.3, -0.25) is 0 Å². The van der Waals surface area contributed by atoms with Crippen LogP contribution >= 0.6 is 0 Å². The molecule has 0 aliphatic rings. The molecule has 1 aromatic carbocycles. The van der Waals surface area contributed by atoms with Crippen molar-refractivity contribution in [1.29, 1.82) is 0 Å². The predicted molar refractivity (Wildman–Crippen MR) is 115 cm³/mol. The second-order valence-corrected chi connectivity index (χ2v) is 6.73. The van der Waals surface area contributed by atoms with Crippen LogP contribution in [0.4, 0.5) is 11.6 Å². The van der Waals surface area contributed by atoms with Crippen LogP contribution in [-0.2, 0) is 0 Å². The Morgan fingerprint density at radius 1 is 1.00 bits per heavy atom. The number of hydrogen-bond donors (Lipinski definition) is 3. The zero-order chi connectivity index (χ0) is 20.5. The molecule has 29 heavy (non-hydrogen) atoms. The van der Waals surface area contributed by atoms with E-state index in [0.717, 1.165) is 35.8 Å². The summed E-state index contributed by atoms with van der Waals surface area (Å²) < 4.78 is 5.46. The van der Waals surface area contributed by atoms with Crippen LogP contribution in [0.3, 0.4) is 0 Å². The highest BCUT2D eigenvalue weighted by Gasteiger charge is 2.11. The molecule has 2 heterocycles. The molecule has 0 spiro atoms. The van der Waals surface area contributed by atoms with Crippen LogP contribution in [0.1, 0.15) is 24.8 Å². The molecule has 0 saturated carbocycles. The summed E-state index contributed by atoms with van der Waals surface area (Å²) in [4.78, 5) is 12.9. The molecule has 0 radical (unpaired) electrons. The minimum atomic E-state index is 0.0563. The fraction of sp³-hybridized carbons (Fsp3) is 0.318. The molecule has 3 N–H and O–H groups in total. The molecule has 7 nitrogen and oxygen atoms in total. The molecule has 2 aromatic heterocycles. The predicted octanol–water partition coefficient (Wildman–Crippen LogP) is 3.56. The van der Waals surface area contributed by atoms with Crippen molar-refractivity contribution in [3.05, 3.63) is 60.6 Å². The van der Waals surface area contributed by atoms with E-state index < -0.39 is 0 Å². The van der Waals surface area contributed by atoms with E-state index in [-0.39, 0.29) is 6.61 Å². The number of pyridine rings is 1. The van der Waals surface area contributed by atoms with Gasteiger partial charge in [-0.2, -0.15) is 0 Å². The van der Waals surface area contributed by atoms with E-state index >= 15 is 0 Å². The second-order valence-electron chi connectivity index (χ2n) is 6.73. The fourth-order valence-corrected chi connectivity index (χ4v) is 3.13. The zero-order valence-electron chi connectivity index (χ0n) is 16.8. The third-order valence-electron chi connectivity index (χ3n) is 4.69. The summed E-state index contributed by atoms with van der Waals surface area (Å²) in [5.41, 5.74) is 2.96. The molecule has 3 aromatic rings. The van der Waals surface area contributed by atoms with Crippen molar-refractivity contribution in [2.24, 2.45) is 0 Å². The molecule has 1 atom stereocenters. The summed E-state index contributed by atoms with van der Waals surface area (Å²) in [6.07, 6.45) is 4.23. The van der Waals surface area contributed by atoms with Crippen LogP contribution in [0.2, 0.25) is 0 Å². The van der Waals surface area contributed by atoms with Crippen molar-refractivity contribution in [3.63, 3.8) is 0 Å². The molecular formula is C22H27N5O2. The van der Waals surface area contributed by atoms with E-state index in [0.29, 0.717) is 18.3 Å². The first-order valence-electron chi connectivity index (χ1n) is 9.71. The van der Waals surface area contributed by atoms with E-state index in [2.05, 4.69) is 38.6 Å². The molecule has 0 fully saturated rings. The highest BCUT2D eigenvalue weighted by Crippen LogP contribution is 2.28. The average molecular weight is 393 g/mol. The minimum absolute atomic E-state index is 0.0563. The van der Waals surface area contributed by atoms with Gasteiger partial charge in [0.2, 0.25) is 0 Å². The van der Waals surface area contributed by atoms with Crippen molar-refractivity contribution in [2.75, 3.05) is 37.4 Å². The largest absolute Gasteiger partial charge is 0.496 e. The summed E-state index contributed by atoms with van der Waals surface area (Å²) in [6, 6.07) is 13.9. The second kappa shape index (κ2) is 10.4. The Labute approximate surface area is 171 Å². The van der Waals surface area contributed by atoms with Crippen LogP contribution in [0.15, 0.2) is 55.0 Å². The van der Waals surface area contributed by atoms with Gasteiger partial charge in [0.05, 0.1) is 19.4 Å². The Morgan fingerprint density at radius 3 is 2.62 bits per heavy atom. The number of aliphatic hydroxyl groups excluding tert-OH is 1. The van der Waals surface area contributed by atoms with Gasteiger partial charge >= 0.3 is 0 Å². The lowest BCUT2D eigenvalue weighted by molar-refractivity contribution is 0.311. The number of rotatable bonds is 10. The summed E-state index contributed by atoms with van der Waals surface area (Å²) in [6.45, 7) is 3.50. The average Bonchev–Trinajstić information content (AvgIpc) is 2.78. The molecule has 0 amide bonds. The van der Waals surface area contributed by atoms with Crippen molar-refractivity contribution in [2.45, 2.75) is 19.3 Å². The third kappa shape index (κ3) is 5.65. The van der Waals surface area contributed by atoms with E-state index in [1.54, 1.807) is 19.6 Å². The van der Waals surface area contributed by atoms with Crippen LogP contribution in [0, 0.1) is 0 Å². The number of anilines is 2. The number of nitrogens with one attached hydrogen (secondary N) is 2. The lowest BCUT2D eigenvalue weighted by Crippen LogP contribution is -2.08. The van der Waals surface area contributed by atoms with Crippen LogP contribution in [-0.4, -0.2) is 46.9 Å². The highest BCUT2D eigenvalue weighted by atomic mass is 16.5. The van der Waals surface area contributed by atoms with E-state index in [4.69, 9.17) is 9.84 Å². The Hall–Kier alpha value is -3.19. The number of aromatic nitrogens is 3. The van der Waals surface area contributed by atoms with E-state index in [1.165, 1.54) is 5.56 Å². The topological polar surface area (TPSA) is 92.2 Å². The van der Waals surface area contributed by atoms with Crippen molar-refractivity contribution < 1.29 is 9.84 Å². The first-order valence-corrected chi connectivity index (χ1v) is 9.71. The van der Waals surface area contributed by atoms with Crippen LogP contribution in [0.25, 0.3) is 11.3 Å². The Bertz CT molecular complexity index is 919. The first-order chi connectivity index (χ1) is 14.2. The smallest absolute Gasteiger partial charge is 0.129 e. The van der Waals surface area contributed by atoms with Gasteiger partial charge in [0.15, 0.2) is 0 Å². The van der Waals surface area contributed by atoms with Gasteiger partial charge in [-0.25, -0.2) is 15.0 Å². The number of ether oxygens (including phenoxy) is 1. The minimum Gasteiger partial charge on any atom is -0.496 e. The van der Waals surface area contributed by atoms with Crippen LogP contribution < -0.4 is 15.4 Å². The highest BCUT2D eigenvalue weighted by molar-refractivity contribution is 5.65. The Kier molecular flexibility index (Phi) is 7.35. The molecule has 0 bridgehead atoms. The summed E-state index contributed by atoms with van der Waals surface area (Å²) >= 11 is 0. The Morgan fingerprint density at radius 2 is 1.79 bits per heavy atom. The normalized spacial score (nSPS) is 11.7. The number of aliphatic hydroxyl groups is 1. The maximum atomic E-state index is 8.95. The van der Waals surface area contributed by atoms with Gasteiger partial charge in [0.1, 0.15) is 23.7 Å². The van der Waals surface area contributed by atoms with Gasteiger partial charge in [-0.1, -0.05) is 25.1 Å². The Balaban J connectivity index is 1.62. The van der Waals surface area contributed by atoms with Crippen molar-refractivity contribution in [3.8, 4) is 17.0 Å². The lowest BCUT2D eigenvalue weighted by atomic mass is 9.97. The van der Waals surface area contributed by atoms with Gasteiger partial charge in [-0.05, 0) is 36.1 Å². The monoisotopic (exact) mass is 393 g/mol. The number of hydrogen-bond acceptors (Lipinski definition) is 7. The summed E-state index contributed by atoms with van der Waals surface area (Å²) in [5, 5.41) is 15.4. The van der Waals surface area contributed by atoms with E-state index in [9.17, 15) is 0 Å². The molecule has 1 unspecified atom stereocenters. The molecule has 0 saturated heterocycles. The maximum Gasteiger partial charge on any atom is 0.129 e. The molecule has 7 heteroatoms. The molecular weight excluding hydrogens is 366 g/mol. The summed E-state index contributed by atoms with van der Waals surface area (Å²) in [7, 11) is 1.70. The molecule has 152 valence electrons. The number of nitrogens with zero attached hydrogens (tertiary/aromatic N) is 3. The molecule has 3 rings (SSSR count). The standard InChI is InChI=1S/C22H27N5O2/c1-16(18-5-3-4-6-20(18)29-2)7-9-23-22-14-19(26-15-27-22)17-8-10-24-21(13-17)25-11-12-28/h3-6,8,10,13-16,28H,7,9,11-12H2,1-2H3,(H,24,25)(H,23,26,27). The fourth-order valence-electron chi connectivity index (χ4n) is 3.13. The number of para-hydroxylation sites is 1. The number of benzene rings is 1. The third-order valence-corrected chi connectivity index (χ3v) is 4.69. The number of methoxy groups -OCH3 is 1. The van der Waals surface area contributed by atoms with Crippen molar-refractivity contribution >= 4 is 11.6 Å². The van der Waals surface area contributed by atoms with Crippen LogP contribution in [0.5, 0.6) is 5.75 Å². The van der Waals surface area contributed by atoms with Gasteiger partial charge in [0, 0.05) is 30.9 Å². The SMILES string of the molecule is COc1ccccc1C(C)CCNc1cc(-c2ccnc(NCCO)c2)ncn1. The lowest BCUT2D eigenvalue weighted by Gasteiger charge is -2.16. The first kappa shape index (κ1) is 20.5. The summed E-state index contributed by atoms with van der Waals surface area (Å²) in [5.74, 6) is 2.77.